The van der Waals surface area contributed by atoms with Crippen LogP contribution in [-0.4, -0.2) is 65.8 Å². The van der Waals surface area contributed by atoms with Gasteiger partial charge >= 0.3 is 0 Å². The van der Waals surface area contributed by atoms with E-state index in [-0.39, 0.29) is 43.2 Å². The van der Waals surface area contributed by atoms with Crippen molar-refractivity contribution in [3.63, 3.8) is 0 Å². The first-order valence-corrected chi connectivity index (χ1v) is 12.5. The molecule has 0 aliphatic carbocycles. The van der Waals surface area contributed by atoms with E-state index < -0.39 is 23.5 Å². The second-order valence-electron chi connectivity index (χ2n) is 9.84. The van der Waals surface area contributed by atoms with Crippen molar-refractivity contribution >= 4 is 17.7 Å². The highest BCUT2D eigenvalue weighted by Crippen LogP contribution is 2.39. The molecule has 196 valence electrons. The van der Waals surface area contributed by atoms with E-state index in [0.29, 0.717) is 37.4 Å². The predicted octanol–water partition coefficient (Wildman–Crippen LogP) is 2.69. The number of carbonyl (C=O) groups excluding carboxylic acids is 3. The minimum atomic E-state index is -1.03. The van der Waals surface area contributed by atoms with Gasteiger partial charge < -0.3 is 24.4 Å². The quantitative estimate of drug-likeness (QED) is 0.663. The van der Waals surface area contributed by atoms with Crippen LogP contribution in [0.2, 0.25) is 0 Å². The van der Waals surface area contributed by atoms with E-state index in [1.807, 2.05) is 19.9 Å². The summed E-state index contributed by atoms with van der Waals surface area (Å²) in [5, 5.41) is 2.91. The zero-order valence-corrected chi connectivity index (χ0v) is 20.9. The summed E-state index contributed by atoms with van der Waals surface area (Å²) < 4.78 is 30.5. The fourth-order valence-electron chi connectivity index (χ4n) is 5.10. The van der Waals surface area contributed by atoms with Crippen LogP contribution in [0.5, 0.6) is 11.5 Å². The number of carbonyl (C=O) groups is 3. The van der Waals surface area contributed by atoms with Crippen molar-refractivity contribution in [3.05, 3.63) is 59.4 Å². The number of rotatable bonds is 5. The number of amides is 3. The van der Waals surface area contributed by atoms with Gasteiger partial charge in [0.1, 0.15) is 17.6 Å². The molecule has 0 aromatic heterocycles. The van der Waals surface area contributed by atoms with Crippen LogP contribution in [0.3, 0.4) is 0 Å². The van der Waals surface area contributed by atoms with Crippen LogP contribution in [-0.2, 0) is 20.9 Å². The van der Waals surface area contributed by atoms with Crippen molar-refractivity contribution in [1.29, 1.82) is 0 Å². The van der Waals surface area contributed by atoms with Gasteiger partial charge in [0.2, 0.25) is 18.6 Å². The summed E-state index contributed by atoms with van der Waals surface area (Å²) in [6.07, 6.45) is 0.759. The normalized spacial score (nSPS) is 19.9. The van der Waals surface area contributed by atoms with Crippen molar-refractivity contribution in [2.24, 2.45) is 5.92 Å². The number of nitrogens with zero attached hydrogens (tertiary/aromatic N) is 2. The van der Waals surface area contributed by atoms with Gasteiger partial charge in [-0.15, -0.1) is 0 Å². The molecule has 0 saturated carbocycles. The maximum atomic E-state index is 13.7. The molecular weight excluding hydrogens is 481 g/mol. The lowest BCUT2D eigenvalue weighted by molar-refractivity contribution is -0.146. The Morgan fingerprint density at radius 2 is 1.76 bits per heavy atom. The van der Waals surface area contributed by atoms with E-state index in [2.05, 4.69) is 5.32 Å². The third-order valence-electron chi connectivity index (χ3n) is 7.13. The molecule has 3 heterocycles. The van der Waals surface area contributed by atoms with Gasteiger partial charge in [0.15, 0.2) is 11.5 Å². The second kappa shape index (κ2) is 10.0. The third kappa shape index (κ3) is 4.85. The average Bonchev–Trinajstić information content (AvgIpc) is 3.52. The van der Waals surface area contributed by atoms with Gasteiger partial charge in [-0.25, -0.2) is 4.39 Å². The summed E-state index contributed by atoms with van der Waals surface area (Å²) in [6, 6.07) is 9.80. The number of hydrogen-bond donors (Lipinski definition) is 1. The maximum absolute atomic E-state index is 13.7. The Labute approximate surface area is 214 Å². The molecule has 2 aromatic rings. The molecule has 0 unspecified atom stereocenters. The zero-order chi connectivity index (χ0) is 26.2. The Balaban J connectivity index is 1.35. The molecule has 2 saturated heterocycles. The van der Waals surface area contributed by atoms with Crippen LogP contribution in [0.1, 0.15) is 42.6 Å². The number of ether oxygens (including phenoxy) is 3. The largest absolute Gasteiger partial charge is 0.454 e. The highest BCUT2D eigenvalue weighted by molar-refractivity contribution is 5.98. The topological polar surface area (TPSA) is 97.4 Å². The summed E-state index contributed by atoms with van der Waals surface area (Å²) in [5.74, 6) is -0.0460. The average molecular weight is 512 g/mol. The monoisotopic (exact) mass is 511 g/mol. The second-order valence-corrected chi connectivity index (χ2v) is 9.84. The summed E-state index contributed by atoms with van der Waals surface area (Å²) in [4.78, 5) is 42.9. The fourth-order valence-corrected chi connectivity index (χ4v) is 5.10. The Kier molecular flexibility index (Phi) is 6.76. The molecule has 2 aromatic carbocycles. The van der Waals surface area contributed by atoms with Crippen molar-refractivity contribution < 1.29 is 33.0 Å². The van der Waals surface area contributed by atoms with Crippen molar-refractivity contribution in [2.75, 3.05) is 26.5 Å². The Morgan fingerprint density at radius 1 is 1.05 bits per heavy atom. The van der Waals surface area contributed by atoms with Gasteiger partial charge in [0, 0.05) is 44.0 Å². The molecule has 37 heavy (non-hydrogen) atoms. The molecule has 0 bridgehead atoms. The Morgan fingerprint density at radius 3 is 2.46 bits per heavy atom. The van der Waals surface area contributed by atoms with Gasteiger partial charge in [-0.2, -0.15) is 0 Å². The molecule has 1 atom stereocenters. The van der Waals surface area contributed by atoms with Crippen LogP contribution in [0.25, 0.3) is 0 Å². The van der Waals surface area contributed by atoms with Crippen molar-refractivity contribution in [1.82, 2.24) is 15.1 Å². The summed E-state index contributed by atoms with van der Waals surface area (Å²) in [6.45, 7) is 4.94. The first kappa shape index (κ1) is 25.0. The zero-order valence-electron chi connectivity index (χ0n) is 20.9. The first-order valence-electron chi connectivity index (χ1n) is 12.5. The fraction of sp³-hybridized carbons (Fsp3) is 0.444. The van der Waals surface area contributed by atoms with Crippen LogP contribution in [0, 0.1) is 11.7 Å². The van der Waals surface area contributed by atoms with Crippen molar-refractivity contribution in [2.45, 2.75) is 45.0 Å². The minimum Gasteiger partial charge on any atom is -0.454 e. The molecule has 3 aliphatic rings. The number of halogens is 1. The molecule has 9 nitrogen and oxygen atoms in total. The van der Waals surface area contributed by atoms with Gasteiger partial charge in [-0.3, -0.25) is 19.3 Å². The number of nitrogens with one attached hydrogen (secondary N) is 1. The Bertz CT molecular complexity index is 1190. The van der Waals surface area contributed by atoms with Crippen LogP contribution < -0.4 is 14.8 Å². The highest BCUT2D eigenvalue weighted by Gasteiger charge is 2.54. The molecule has 1 N–H and O–H groups in total. The molecular formula is C27H30FN3O6. The molecule has 2 fully saturated rings. The standard InChI is InChI=1S/C27H30FN3O6/c1-17(2)25(33)30-11-9-27(10-12-30)31(26(34)19-4-6-20(28)7-5-19)21(15-37-27)24(32)29-14-18-3-8-22-23(13-18)36-16-35-22/h3-8,13,17,21H,9-12,14-16H2,1-2H3,(H,29,32)/t21-/m0/s1. The highest BCUT2D eigenvalue weighted by atomic mass is 19.1. The van der Waals surface area contributed by atoms with E-state index in [0.717, 1.165) is 5.56 Å². The van der Waals surface area contributed by atoms with E-state index in [1.165, 1.54) is 29.2 Å². The predicted molar refractivity (Wildman–Crippen MR) is 130 cm³/mol. The number of benzene rings is 2. The van der Waals surface area contributed by atoms with E-state index in [1.54, 1.807) is 17.0 Å². The van der Waals surface area contributed by atoms with E-state index in [4.69, 9.17) is 14.2 Å². The summed E-state index contributed by atoms with van der Waals surface area (Å²) >= 11 is 0. The van der Waals surface area contributed by atoms with Gasteiger partial charge in [-0.1, -0.05) is 19.9 Å². The molecule has 10 heteroatoms. The van der Waals surface area contributed by atoms with Crippen LogP contribution >= 0.6 is 0 Å². The number of fused-ring (bicyclic) bond motifs is 1. The first-order chi connectivity index (χ1) is 17.8. The molecule has 0 radical (unpaired) electrons. The molecule has 1 spiro atoms. The van der Waals surface area contributed by atoms with E-state index in [9.17, 15) is 18.8 Å². The van der Waals surface area contributed by atoms with Crippen LogP contribution in [0.15, 0.2) is 42.5 Å². The van der Waals surface area contributed by atoms with Crippen LogP contribution in [0.4, 0.5) is 4.39 Å². The SMILES string of the molecule is CC(C)C(=O)N1CCC2(CC1)OC[C@@H](C(=O)NCc1ccc3c(c1)OCO3)N2C(=O)c1ccc(F)cc1. The lowest BCUT2D eigenvalue weighted by Crippen LogP contribution is -2.60. The van der Waals surface area contributed by atoms with Gasteiger partial charge in [-0.05, 0) is 42.0 Å². The lowest BCUT2D eigenvalue weighted by Gasteiger charge is -2.44. The van der Waals surface area contributed by atoms with E-state index >= 15 is 0 Å². The third-order valence-corrected chi connectivity index (χ3v) is 7.13. The summed E-state index contributed by atoms with van der Waals surface area (Å²) in [5.41, 5.74) is 0.0589. The maximum Gasteiger partial charge on any atom is 0.256 e. The number of piperidine rings is 1. The van der Waals surface area contributed by atoms with Gasteiger partial charge in [0.25, 0.3) is 5.91 Å². The summed E-state index contributed by atoms with van der Waals surface area (Å²) in [7, 11) is 0. The molecule has 5 rings (SSSR count). The molecule has 3 aliphatic heterocycles. The Hall–Kier alpha value is -3.66. The number of likely N-dealkylation sites (tertiary alicyclic amines) is 1. The smallest absolute Gasteiger partial charge is 0.256 e. The van der Waals surface area contributed by atoms with Gasteiger partial charge in [0.05, 0.1) is 6.61 Å². The minimum absolute atomic E-state index is 0.0258. The van der Waals surface area contributed by atoms with Crippen molar-refractivity contribution in [3.8, 4) is 11.5 Å². The lowest BCUT2D eigenvalue weighted by atomic mass is 9.95. The number of hydrogen-bond acceptors (Lipinski definition) is 6. The molecule has 3 amide bonds.